The largest absolute Gasteiger partial charge is 0.493 e. The number of benzene rings is 1. The van der Waals surface area contributed by atoms with Crippen molar-refractivity contribution in [1.82, 2.24) is 5.32 Å². The van der Waals surface area contributed by atoms with Crippen molar-refractivity contribution < 1.29 is 14.2 Å². The quantitative estimate of drug-likeness (QED) is 0.737. The summed E-state index contributed by atoms with van der Waals surface area (Å²) >= 11 is 0. The second-order valence-corrected chi connectivity index (χ2v) is 3.60. The Balaban J connectivity index is 2.97. The number of nitrogens with one attached hydrogen (secondary N) is 1. The summed E-state index contributed by atoms with van der Waals surface area (Å²) in [5.74, 6) is 2.10. The molecule has 0 aromatic heterocycles. The van der Waals surface area contributed by atoms with Crippen molar-refractivity contribution in [3.05, 3.63) is 17.7 Å². The van der Waals surface area contributed by atoms with Gasteiger partial charge < -0.3 is 19.5 Å². The molecule has 0 saturated heterocycles. The van der Waals surface area contributed by atoms with E-state index in [9.17, 15) is 0 Å². The molecule has 0 heterocycles. The smallest absolute Gasteiger partial charge is 0.203 e. The molecule has 0 aliphatic rings. The van der Waals surface area contributed by atoms with Gasteiger partial charge in [-0.3, -0.25) is 0 Å². The zero-order valence-electron chi connectivity index (χ0n) is 11.0. The van der Waals surface area contributed by atoms with Crippen molar-refractivity contribution in [2.45, 2.75) is 13.3 Å². The molecule has 1 aromatic carbocycles. The van der Waals surface area contributed by atoms with Crippen LogP contribution in [0.4, 0.5) is 0 Å². The first-order chi connectivity index (χ1) is 8.28. The van der Waals surface area contributed by atoms with Gasteiger partial charge in [0, 0.05) is 0 Å². The zero-order valence-corrected chi connectivity index (χ0v) is 11.0. The molecule has 0 bridgehead atoms. The van der Waals surface area contributed by atoms with Gasteiger partial charge in [-0.25, -0.2) is 0 Å². The van der Waals surface area contributed by atoms with Crippen LogP contribution >= 0.6 is 0 Å². The molecule has 0 radical (unpaired) electrons. The molecule has 0 atom stereocenters. The molecule has 96 valence electrons. The van der Waals surface area contributed by atoms with Crippen molar-refractivity contribution in [2.24, 2.45) is 0 Å². The third-order valence-electron chi connectivity index (χ3n) is 2.61. The van der Waals surface area contributed by atoms with Crippen LogP contribution in [0.15, 0.2) is 12.1 Å². The summed E-state index contributed by atoms with van der Waals surface area (Å²) in [5, 5.41) is 3.29. The van der Waals surface area contributed by atoms with Crippen LogP contribution in [0, 0.1) is 0 Å². The first-order valence-corrected chi connectivity index (χ1v) is 5.77. The van der Waals surface area contributed by atoms with E-state index < -0.39 is 0 Å². The Hall–Kier alpha value is -1.42. The Morgan fingerprint density at radius 3 is 2.24 bits per heavy atom. The maximum atomic E-state index is 5.41. The highest BCUT2D eigenvalue weighted by molar-refractivity contribution is 5.55. The second kappa shape index (κ2) is 7.01. The topological polar surface area (TPSA) is 39.7 Å². The van der Waals surface area contributed by atoms with Crippen LogP contribution in [0.5, 0.6) is 17.2 Å². The van der Waals surface area contributed by atoms with E-state index in [1.54, 1.807) is 21.3 Å². The number of likely N-dealkylation sites (N-methyl/N-ethyl adjacent to an activating group) is 1. The van der Waals surface area contributed by atoms with E-state index in [0.717, 1.165) is 30.8 Å². The lowest BCUT2D eigenvalue weighted by atomic mass is 10.1. The average Bonchev–Trinajstić information content (AvgIpc) is 2.38. The van der Waals surface area contributed by atoms with Crippen LogP contribution in [0.25, 0.3) is 0 Å². The molecule has 1 N–H and O–H groups in total. The SMILES string of the molecule is CCNCCc1ccc(OC)c(OC)c1OC. The number of hydrogen-bond donors (Lipinski definition) is 1. The van der Waals surface area contributed by atoms with Gasteiger partial charge in [-0.1, -0.05) is 13.0 Å². The Morgan fingerprint density at radius 1 is 1.00 bits per heavy atom. The van der Waals surface area contributed by atoms with Crippen molar-refractivity contribution in [1.29, 1.82) is 0 Å². The van der Waals surface area contributed by atoms with Gasteiger partial charge in [0.2, 0.25) is 5.75 Å². The molecule has 0 unspecified atom stereocenters. The van der Waals surface area contributed by atoms with Crippen molar-refractivity contribution in [2.75, 3.05) is 34.4 Å². The summed E-state index contributed by atoms with van der Waals surface area (Å²) < 4.78 is 16.0. The van der Waals surface area contributed by atoms with E-state index in [1.165, 1.54) is 0 Å². The standard InChI is InChI=1S/C13H21NO3/c1-5-14-9-8-10-6-7-11(15-2)13(17-4)12(10)16-3/h6-7,14H,5,8-9H2,1-4H3. The number of methoxy groups -OCH3 is 3. The van der Waals surface area contributed by atoms with E-state index in [0.29, 0.717) is 11.5 Å². The van der Waals surface area contributed by atoms with Crippen LogP contribution < -0.4 is 19.5 Å². The second-order valence-electron chi connectivity index (χ2n) is 3.60. The highest BCUT2D eigenvalue weighted by atomic mass is 16.5. The fourth-order valence-electron chi connectivity index (χ4n) is 1.76. The summed E-state index contributed by atoms with van der Waals surface area (Å²) in [5.41, 5.74) is 1.12. The van der Waals surface area contributed by atoms with E-state index in [4.69, 9.17) is 14.2 Å². The van der Waals surface area contributed by atoms with Gasteiger partial charge in [-0.05, 0) is 31.1 Å². The van der Waals surface area contributed by atoms with Crippen LogP contribution in [0.1, 0.15) is 12.5 Å². The summed E-state index contributed by atoms with van der Waals surface area (Å²) in [6, 6.07) is 3.92. The van der Waals surface area contributed by atoms with E-state index in [2.05, 4.69) is 12.2 Å². The minimum absolute atomic E-state index is 0.656. The summed E-state index contributed by atoms with van der Waals surface area (Å²) in [6.45, 7) is 3.98. The van der Waals surface area contributed by atoms with Crippen LogP contribution in [-0.2, 0) is 6.42 Å². The highest BCUT2D eigenvalue weighted by Gasteiger charge is 2.14. The maximum Gasteiger partial charge on any atom is 0.203 e. The van der Waals surface area contributed by atoms with Gasteiger partial charge in [0.05, 0.1) is 21.3 Å². The Morgan fingerprint density at radius 2 is 1.71 bits per heavy atom. The minimum Gasteiger partial charge on any atom is -0.493 e. The summed E-state index contributed by atoms with van der Waals surface area (Å²) in [7, 11) is 4.89. The average molecular weight is 239 g/mol. The lowest BCUT2D eigenvalue weighted by Gasteiger charge is -2.15. The summed E-state index contributed by atoms with van der Waals surface area (Å²) in [4.78, 5) is 0. The molecule has 1 rings (SSSR count). The van der Waals surface area contributed by atoms with Gasteiger partial charge in [-0.2, -0.15) is 0 Å². The van der Waals surface area contributed by atoms with Gasteiger partial charge in [0.15, 0.2) is 11.5 Å². The predicted molar refractivity (Wildman–Crippen MR) is 68.3 cm³/mol. The van der Waals surface area contributed by atoms with Gasteiger partial charge in [0.1, 0.15) is 0 Å². The van der Waals surface area contributed by atoms with Gasteiger partial charge in [-0.15, -0.1) is 0 Å². The monoisotopic (exact) mass is 239 g/mol. The molecule has 0 amide bonds. The molecular weight excluding hydrogens is 218 g/mol. The molecule has 0 saturated carbocycles. The molecular formula is C13H21NO3. The number of rotatable bonds is 7. The van der Waals surface area contributed by atoms with E-state index >= 15 is 0 Å². The predicted octanol–water partition coefficient (Wildman–Crippen LogP) is 1.86. The molecule has 0 aliphatic heterocycles. The fraction of sp³-hybridized carbons (Fsp3) is 0.538. The van der Waals surface area contributed by atoms with Crippen molar-refractivity contribution >= 4 is 0 Å². The number of ether oxygens (including phenoxy) is 3. The molecule has 1 aromatic rings. The lowest BCUT2D eigenvalue weighted by molar-refractivity contribution is 0.322. The van der Waals surface area contributed by atoms with E-state index in [-0.39, 0.29) is 0 Å². The molecule has 4 heteroatoms. The summed E-state index contributed by atoms with van der Waals surface area (Å²) in [6.07, 6.45) is 0.900. The van der Waals surface area contributed by atoms with E-state index in [1.807, 2.05) is 12.1 Å². The first-order valence-electron chi connectivity index (χ1n) is 5.77. The Labute approximate surface area is 103 Å². The number of hydrogen-bond acceptors (Lipinski definition) is 4. The van der Waals surface area contributed by atoms with Crippen molar-refractivity contribution in [3.63, 3.8) is 0 Å². The Bertz CT molecular complexity index is 353. The zero-order chi connectivity index (χ0) is 12.7. The molecule has 17 heavy (non-hydrogen) atoms. The molecule has 0 aliphatic carbocycles. The van der Waals surface area contributed by atoms with Crippen LogP contribution in [0.2, 0.25) is 0 Å². The fourth-order valence-corrected chi connectivity index (χ4v) is 1.76. The van der Waals surface area contributed by atoms with Crippen LogP contribution in [-0.4, -0.2) is 34.4 Å². The molecule has 0 spiro atoms. The maximum absolute atomic E-state index is 5.41. The van der Waals surface area contributed by atoms with Crippen LogP contribution in [0.3, 0.4) is 0 Å². The minimum atomic E-state index is 0.656. The first kappa shape index (κ1) is 13.6. The van der Waals surface area contributed by atoms with Gasteiger partial charge >= 0.3 is 0 Å². The molecule has 0 fully saturated rings. The third-order valence-corrected chi connectivity index (χ3v) is 2.61. The van der Waals surface area contributed by atoms with Gasteiger partial charge in [0.25, 0.3) is 0 Å². The highest BCUT2D eigenvalue weighted by Crippen LogP contribution is 2.39. The lowest BCUT2D eigenvalue weighted by Crippen LogP contribution is -2.16. The normalized spacial score (nSPS) is 10.1. The molecule has 4 nitrogen and oxygen atoms in total. The van der Waals surface area contributed by atoms with Crippen molar-refractivity contribution in [3.8, 4) is 17.2 Å². The Kier molecular flexibility index (Phi) is 5.63. The third kappa shape index (κ3) is 3.27.